The first-order chi connectivity index (χ1) is 18.0. The van der Waals surface area contributed by atoms with E-state index in [1.807, 2.05) is 6.07 Å². The van der Waals surface area contributed by atoms with E-state index in [0.29, 0.717) is 11.3 Å². The quantitative estimate of drug-likeness (QED) is 0.433. The van der Waals surface area contributed by atoms with E-state index in [1.54, 1.807) is 36.1 Å². The Morgan fingerprint density at radius 3 is 2.39 bits per heavy atom. The lowest BCUT2D eigenvalue weighted by Crippen LogP contribution is -2.34. The van der Waals surface area contributed by atoms with Crippen molar-refractivity contribution in [1.29, 1.82) is 5.26 Å². The minimum Gasteiger partial charge on any atom is -0.444 e. The van der Waals surface area contributed by atoms with E-state index in [9.17, 15) is 32.0 Å². The van der Waals surface area contributed by atoms with Crippen LogP contribution in [0.3, 0.4) is 0 Å². The molecule has 10 nitrogen and oxygen atoms in total. The van der Waals surface area contributed by atoms with Crippen LogP contribution in [0.25, 0.3) is 0 Å². The van der Waals surface area contributed by atoms with Gasteiger partial charge in [-0.05, 0) is 42.0 Å². The van der Waals surface area contributed by atoms with Crippen LogP contribution in [-0.2, 0) is 19.3 Å². The monoisotopic (exact) mass is 550 g/mol. The summed E-state index contributed by atoms with van der Waals surface area (Å²) in [6.45, 7) is -1.50. The second-order valence-electron chi connectivity index (χ2n) is 8.60. The molecule has 0 saturated carbocycles. The average molecular weight is 551 g/mol. The Morgan fingerprint density at radius 2 is 1.84 bits per heavy atom. The van der Waals surface area contributed by atoms with Gasteiger partial charge in [-0.3, -0.25) is 4.79 Å². The fraction of sp³-hybridized carbons (Fsp3) is 0.400. The van der Waals surface area contributed by atoms with Crippen molar-refractivity contribution in [3.8, 4) is 6.07 Å². The molecule has 0 unspecified atom stereocenters. The van der Waals surface area contributed by atoms with Crippen LogP contribution < -0.4 is 16.0 Å². The molecule has 1 fully saturated rings. The molecule has 3 N–H and O–H groups in total. The number of halogens is 2. The predicted molar refractivity (Wildman–Crippen MR) is 133 cm³/mol. The van der Waals surface area contributed by atoms with Crippen molar-refractivity contribution in [2.24, 2.45) is 5.73 Å². The van der Waals surface area contributed by atoms with Crippen LogP contribution in [0.4, 0.5) is 19.3 Å². The molecule has 0 radical (unpaired) electrons. The standard InChI is InChI=1S/C25H28F2N4O6S/c1-2-38(34,35)21-9-5-16(6-10-21)22(11-12-28)30-23(32)17-3-7-18(8-4-17)31-14-20(37-25(29)33)13-19(31)15-36-24(26)27/h3-10,19-20,22,24H,2,11,13-15H2,1H3,(H2,29,33)(H,30,32)/t19-,20-,22-/m0/s1. The summed E-state index contributed by atoms with van der Waals surface area (Å²) in [5, 5.41) is 12.0. The molecule has 0 aromatic heterocycles. The van der Waals surface area contributed by atoms with E-state index < -0.39 is 46.6 Å². The van der Waals surface area contributed by atoms with Gasteiger partial charge in [-0.15, -0.1) is 0 Å². The molecule has 3 rings (SSSR count). The van der Waals surface area contributed by atoms with Crippen LogP contribution >= 0.6 is 0 Å². The summed E-state index contributed by atoms with van der Waals surface area (Å²) in [7, 11) is -3.38. The minimum atomic E-state index is -3.38. The maximum Gasteiger partial charge on any atom is 0.404 e. The zero-order valence-corrected chi connectivity index (χ0v) is 21.4. The van der Waals surface area contributed by atoms with Crippen LogP contribution in [0.1, 0.15) is 41.7 Å². The van der Waals surface area contributed by atoms with Crippen LogP contribution in [0.5, 0.6) is 0 Å². The Labute approximate surface area is 219 Å². The Kier molecular flexibility index (Phi) is 9.60. The highest BCUT2D eigenvalue weighted by Crippen LogP contribution is 2.29. The number of sulfone groups is 1. The summed E-state index contributed by atoms with van der Waals surface area (Å²) in [5.41, 5.74) is 6.55. The van der Waals surface area contributed by atoms with Crippen LogP contribution in [0, 0.1) is 11.3 Å². The van der Waals surface area contributed by atoms with Gasteiger partial charge in [-0.25, -0.2) is 13.2 Å². The molecular formula is C25H28F2N4O6S. The van der Waals surface area contributed by atoms with Gasteiger partial charge in [-0.2, -0.15) is 14.0 Å². The van der Waals surface area contributed by atoms with Crippen LogP contribution in [0.2, 0.25) is 0 Å². The number of amides is 2. The zero-order chi connectivity index (χ0) is 27.9. The summed E-state index contributed by atoms with van der Waals surface area (Å²) in [4.78, 5) is 26.0. The SMILES string of the molecule is CCS(=O)(=O)c1ccc([C@H](CC#N)NC(=O)c2ccc(N3C[C@@H](OC(N)=O)C[C@H]3COC(F)F)cc2)cc1. The molecule has 0 spiro atoms. The molecule has 3 atom stereocenters. The zero-order valence-electron chi connectivity index (χ0n) is 20.5. The predicted octanol–water partition coefficient (Wildman–Crippen LogP) is 3.15. The number of alkyl halides is 2. The van der Waals surface area contributed by atoms with Gasteiger partial charge in [0.05, 0.1) is 48.4 Å². The van der Waals surface area contributed by atoms with Crippen LogP contribution in [0.15, 0.2) is 53.4 Å². The topological polar surface area (TPSA) is 152 Å². The van der Waals surface area contributed by atoms with Gasteiger partial charge < -0.3 is 25.4 Å². The van der Waals surface area contributed by atoms with Gasteiger partial charge in [0, 0.05) is 17.7 Å². The lowest BCUT2D eigenvalue weighted by atomic mass is 10.0. The highest BCUT2D eigenvalue weighted by Gasteiger charge is 2.35. The normalized spacial score (nSPS) is 18.1. The summed E-state index contributed by atoms with van der Waals surface area (Å²) in [6.07, 6.45) is -1.37. The maximum absolute atomic E-state index is 12.9. The molecule has 1 heterocycles. The van der Waals surface area contributed by atoms with Gasteiger partial charge >= 0.3 is 12.7 Å². The van der Waals surface area contributed by atoms with Gasteiger partial charge in [0.1, 0.15) is 6.10 Å². The largest absolute Gasteiger partial charge is 0.444 e. The molecule has 13 heteroatoms. The lowest BCUT2D eigenvalue weighted by molar-refractivity contribution is -0.132. The highest BCUT2D eigenvalue weighted by molar-refractivity contribution is 7.91. The summed E-state index contributed by atoms with van der Waals surface area (Å²) < 4.78 is 58.8. The van der Waals surface area contributed by atoms with Crippen molar-refractivity contribution in [3.05, 3.63) is 59.7 Å². The summed E-state index contributed by atoms with van der Waals surface area (Å²) in [5.74, 6) is -0.507. The van der Waals surface area contributed by atoms with E-state index in [2.05, 4.69) is 10.1 Å². The Balaban J connectivity index is 1.73. The lowest BCUT2D eigenvalue weighted by Gasteiger charge is -2.26. The van der Waals surface area contributed by atoms with E-state index >= 15 is 0 Å². The number of hydrogen-bond acceptors (Lipinski definition) is 8. The third kappa shape index (κ3) is 7.39. The van der Waals surface area contributed by atoms with E-state index in [0.717, 1.165) is 0 Å². The molecular weight excluding hydrogens is 522 g/mol. The number of ether oxygens (including phenoxy) is 2. The number of nitriles is 1. The molecule has 0 bridgehead atoms. The van der Waals surface area contributed by atoms with Gasteiger partial charge in [-0.1, -0.05) is 19.1 Å². The number of benzene rings is 2. The molecule has 0 aliphatic carbocycles. The maximum atomic E-state index is 12.9. The number of primary amides is 1. The second-order valence-corrected chi connectivity index (χ2v) is 10.9. The number of nitrogens with zero attached hydrogens (tertiary/aromatic N) is 2. The molecule has 2 aromatic carbocycles. The molecule has 2 amide bonds. The van der Waals surface area contributed by atoms with Crippen molar-refractivity contribution in [1.82, 2.24) is 5.32 Å². The van der Waals surface area contributed by atoms with E-state index in [-0.39, 0.29) is 42.2 Å². The Morgan fingerprint density at radius 1 is 1.18 bits per heavy atom. The first kappa shape index (κ1) is 28.8. The molecule has 2 aromatic rings. The first-order valence-corrected chi connectivity index (χ1v) is 13.4. The van der Waals surface area contributed by atoms with E-state index in [4.69, 9.17) is 10.5 Å². The van der Waals surface area contributed by atoms with Gasteiger partial charge in [0.15, 0.2) is 9.84 Å². The number of nitrogens with two attached hydrogens (primary N) is 1. The van der Waals surface area contributed by atoms with Crippen molar-refractivity contribution in [2.75, 3.05) is 23.8 Å². The number of carbonyl (C=O) groups is 2. The molecule has 1 saturated heterocycles. The fourth-order valence-corrected chi connectivity index (χ4v) is 5.13. The highest BCUT2D eigenvalue weighted by atomic mass is 32.2. The third-order valence-electron chi connectivity index (χ3n) is 6.16. The Hall–Kier alpha value is -3.76. The minimum absolute atomic E-state index is 0.0372. The smallest absolute Gasteiger partial charge is 0.404 e. The molecule has 204 valence electrons. The van der Waals surface area contributed by atoms with E-state index in [1.165, 1.54) is 24.3 Å². The van der Waals surface area contributed by atoms with Crippen LogP contribution in [-0.4, -0.2) is 58.1 Å². The Bertz CT molecular complexity index is 1270. The fourth-order valence-electron chi connectivity index (χ4n) is 4.24. The molecule has 1 aliphatic heterocycles. The van der Waals surface area contributed by atoms with Gasteiger partial charge in [0.25, 0.3) is 5.91 Å². The molecule has 1 aliphatic rings. The molecule has 38 heavy (non-hydrogen) atoms. The van der Waals surface area contributed by atoms with Gasteiger partial charge in [0.2, 0.25) is 0 Å². The number of rotatable bonds is 11. The number of anilines is 1. The summed E-state index contributed by atoms with van der Waals surface area (Å²) >= 11 is 0. The number of hydrogen-bond donors (Lipinski definition) is 2. The first-order valence-electron chi connectivity index (χ1n) is 11.8. The number of carbonyl (C=O) groups excluding carboxylic acids is 2. The van der Waals surface area contributed by atoms with Crippen molar-refractivity contribution < 1.29 is 36.3 Å². The third-order valence-corrected chi connectivity index (χ3v) is 7.91. The number of nitrogens with one attached hydrogen (secondary N) is 1. The summed E-state index contributed by atoms with van der Waals surface area (Å²) in [6, 6.07) is 13.2. The van der Waals surface area contributed by atoms with Crippen molar-refractivity contribution in [2.45, 2.75) is 49.5 Å². The van der Waals surface area contributed by atoms with Crippen molar-refractivity contribution >= 4 is 27.5 Å². The second kappa shape index (κ2) is 12.7. The average Bonchev–Trinajstić information content (AvgIpc) is 3.29. The van der Waals surface area contributed by atoms with Crippen molar-refractivity contribution in [3.63, 3.8) is 0 Å².